The van der Waals surface area contributed by atoms with E-state index >= 15 is 0 Å². The molecule has 2 rings (SSSR count). The summed E-state index contributed by atoms with van der Waals surface area (Å²) in [6, 6.07) is 6.17. The number of carboxylic acid groups (broad SMARTS) is 1. The van der Waals surface area contributed by atoms with Gasteiger partial charge < -0.3 is 10.8 Å². The van der Waals surface area contributed by atoms with E-state index in [1.165, 1.54) is 12.1 Å². The molecule has 0 saturated heterocycles. The molecule has 8 heteroatoms. The van der Waals surface area contributed by atoms with Crippen LogP contribution in [-0.2, 0) is 17.4 Å². The lowest BCUT2D eigenvalue weighted by Crippen LogP contribution is -2.26. The van der Waals surface area contributed by atoms with E-state index in [1.807, 2.05) is 0 Å². The zero-order chi connectivity index (χ0) is 18.1. The second kappa shape index (κ2) is 6.10. The highest BCUT2D eigenvalue weighted by Gasteiger charge is 2.35. The Balaban J connectivity index is 2.50. The third-order valence-corrected chi connectivity index (χ3v) is 3.54. The van der Waals surface area contributed by atoms with E-state index in [9.17, 15) is 23.1 Å². The first-order valence-corrected chi connectivity index (χ1v) is 7.03. The maximum absolute atomic E-state index is 13.1. The molecule has 1 aromatic heterocycles. The highest BCUT2D eigenvalue weighted by atomic mass is 19.4. The predicted molar refractivity (Wildman–Crippen MR) is 82.0 cm³/mol. The summed E-state index contributed by atoms with van der Waals surface area (Å²) < 4.78 is 39.4. The summed E-state index contributed by atoms with van der Waals surface area (Å²) in [5, 5.41) is 9.19. The van der Waals surface area contributed by atoms with E-state index in [4.69, 9.17) is 5.73 Å². The zero-order valence-corrected chi connectivity index (χ0v) is 13.1. The van der Waals surface area contributed by atoms with Gasteiger partial charge in [-0.1, -0.05) is 18.2 Å². The van der Waals surface area contributed by atoms with Gasteiger partial charge in [0.05, 0.1) is 11.1 Å². The third-order valence-electron chi connectivity index (χ3n) is 3.54. The first kappa shape index (κ1) is 17.7. The lowest BCUT2D eigenvalue weighted by molar-refractivity contribution is -0.146. The van der Waals surface area contributed by atoms with Crippen LogP contribution in [0.5, 0.6) is 0 Å². The van der Waals surface area contributed by atoms with Crippen LogP contribution in [0, 0.1) is 5.41 Å². The standard InChI is InChI=1S/C16H16F3N3O2/c1-15(2,13(23)24)7-9-4-3-5-10(6-9)12-11(16(17,18)19)8-21-14(20)22-12/h3-6,8H,7H2,1-2H3,(H,23,24)(H2,20,21,22). The second-order valence-electron chi connectivity index (χ2n) is 6.05. The van der Waals surface area contributed by atoms with Crippen LogP contribution in [0.25, 0.3) is 11.3 Å². The van der Waals surface area contributed by atoms with Gasteiger partial charge >= 0.3 is 12.1 Å². The number of nitrogen functional groups attached to an aromatic ring is 1. The Hall–Kier alpha value is -2.64. The van der Waals surface area contributed by atoms with Crippen LogP contribution in [0.3, 0.4) is 0 Å². The van der Waals surface area contributed by atoms with Crippen molar-refractivity contribution in [2.24, 2.45) is 5.41 Å². The number of carboxylic acids is 1. The minimum atomic E-state index is -4.63. The number of aliphatic carboxylic acids is 1. The predicted octanol–water partition coefficient (Wildman–Crippen LogP) is 3.40. The average Bonchev–Trinajstić information content (AvgIpc) is 2.45. The summed E-state index contributed by atoms with van der Waals surface area (Å²) >= 11 is 0. The van der Waals surface area contributed by atoms with E-state index in [-0.39, 0.29) is 23.6 Å². The van der Waals surface area contributed by atoms with E-state index < -0.39 is 23.1 Å². The maximum Gasteiger partial charge on any atom is 0.419 e. The Kier molecular flexibility index (Phi) is 4.50. The number of anilines is 1. The summed E-state index contributed by atoms with van der Waals surface area (Å²) in [5.41, 5.74) is 3.84. The number of nitrogens with two attached hydrogens (primary N) is 1. The normalized spacial score (nSPS) is 12.2. The quantitative estimate of drug-likeness (QED) is 0.891. The van der Waals surface area contributed by atoms with Crippen LogP contribution in [0.2, 0.25) is 0 Å². The van der Waals surface area contributed by atoms with E-state index in [1.54, 1.807) is 26.0 Å². The molecular weight excluding hydrogens is 323 g/mol. The number of hydrogen-bond donors (Lipinski definition) is 2. The molecule has 0 aliphatic carbocycles. The van der Waals surface area contributed by atoms with Gasteiger partial charge in [-0.2, -0.15) is 13.2 Å². The summed E-state index contributed by atoms with van der Waals surface area (Å²) in [6.45, 7) is 3.09. The molecule has 1 heterocycles. The van der Waals surface area contributed by atoms with E-state index in [0.29, 0.717) is 11.8 Å². The Morgan fingerprint density at radius 1 is 1.29 bits per heavy atom. The van der Waals surface area contributed by atoms with Crippen molar-refractivity contribution in [3.05, 3.63) is 41.6 Å². The summed E-state index contributed by atoms with van der Waals surface area (Å²) in [5.74, 6) is -1.26. The number of aromatic nitrogens is 2. The van der Waals surface area contributed by atoms with Crippen LogP contribution >= 0.6 is 0 Å². The van der Waals surface area contributed by atoms with Crippen LogP contribution in [0.1, 0.15) is 25.0 Å². The summed E-state index contributed by atoms with van der Waals surface area (Å²) in [4.78, 5) is 18.3. The fraction of sp³-hybridized carbons (Fsp3) is 0.312. The topological polar surface area (TPSA) is 89.1 Å². The van der Waals surface area contributed by atoms with Crippen molar-refractivity contribution in [2.45, 2.75) is 26.4 Å². The summed E-state index contributed by atoms with van der Waals surface area (Å²) in [6.07, 6.45) is -3.82. The van der Waals surface area contributed by atoms with Gasteiger partial charge in [-0.15, -0.1) is 0 Å². The van der Waals surface area contributed by atoms with Gasteiger partial charge in [-0.25, -0.2) is 9.97 Å². The fourth-order valence-electron chi connectivity index (χ4n) is 2.24. The van der Waals surface area contributed by atoms with Crippen LogP contribution in [-0.4, -0.2) is 21.0 Å². The SMILES string of the molecule is CC(C)(Cc1cccc(-c2nc(N)ncc2C(F)(F)F)c1)C(=O)O. The Morgan fingerprint density at radius 3 is 2.54 bits per heavy atom. The van der Waals surface area contributed by atoms with Crippen molar-refractivity contribution in [2.75, 3.05) is 5.73 Å². The highest BCUT2D eigenvalue weighted by molar-refractivity contribution is 5.74. The molecule has 0 atom stereocenters. The van der Waals surface area contributed by atoms with Gasteiger partial charge in [-0.05, 0) is 31.9 Å². The first-order valence-electron chi connectivity index (χ1n) is 7.03. The molecule has 0 bridgehead atoms. The Morgan fingerprint density at radius 2 is 1.96 bits per heavy atom. The largest absolute Gasteiger partial charge is 0.481 e. The molecule has 2 aromatic rings. The van der Waals surface area contributed by atoms with Gasteiger partial charge in [0.15, 0.2) is 0 Å². The first-order chi connectivity index (χ1) is 11.0. The lowest BCUT2D eigenvalue weighted by atomic mass is 9.85. The number of alkyl halides is 3. The van der Waals surface area contributed by atoms with Crippen molar-refractivity contribution in [3.8, 4) is 11.3 Å². The maximum atomic E-state index is 13.1. The molecule has 0 unspecified atom stereocenters. The van der Waals surface area contributed by atoms with Crippen LogP contribution in [0.4, 0.5) is 19.1 Å². The van der Waals surface area contributed by atoms with E-state index in [0.717, 1.165) is 0 Å². The minimum Gasteiger partial charge on any atom is -0.481 e. The zero-order valence-electron chi connectivity index (χ0n) is 13.1. The molecule has 0 fully saturated rings. The molecule has 1 aromatic carbocycles. The van der Waals surface area contributed by atoms with Crippen molar-refractivity contribution < 1.29 is 23.1 Å². The smallest absolute Gasteiger partial charge is 0.419 e. The van der Waals surface area contributed by atoms with Gasteiger partial charge in [0.1, 0.15) is 5.56 Å². The monoisotopic (exact) mass is 339 g/mol. The molecule has 0 aliphatic rings. The number of halogens is 3. The van der Waals surface area contributed by atoms with Gasteiger partial charge in [0.2, 0.25) is 5.95 Å². The second-order valence-corrected chi connectivity index (χ2v) is 6.05. The number of benzene rings is 1. The van der Waals surface area contributed by atoms with Crippen LogP contribution < -0.4 is 5.73 Å². The Labute approximate surface area is 136 Å². The molecule has 0 amide bonds. The van der Waals surface area contributed by atoms with E-state index in [2.05, 4.69) is 9.97 Å². The molecule has 5 nitrogen and oxygen atoms in total. The van der Waals surface area contributed by atoms with Crippen molar-refractivity contribution in [3.63, 3.8) is 0 Å². The molecule has 24 heavy (non-hydrogen) atoms. The summed E-state index contributed by atoms with van der Waals surface area (Å²) in [7, 11) is 0. The lowest BCUT2D eigenvalue weighted by Gasteiger charge is -2.19. The van der Waals surface area contributed by atoms with Gasteiger partial charge in [0, 0.05) is 11.8 Å². The number of nitrogens with zero attached hydrogens (tertiary/aromatic N) is 2. The third kappa shape index (κ3) is 3.81. The number of rotatable bonds is 4. The minimum absolute atomic E-state index is 0.165. The number of carbonyl (C=O) groups is 1. The fourth-order valence-corrected chi connectivity index (χ4v) is 2.24. The average molecular weight is 339 g/mol. The van der Waals surface area contributed by atoms with Crippen molar-refractivity contribution >= 4 is 11.9 Å². The highest BCUT2D eigenvalue weighted by Crippen LogP contribution is 2.36. The molecule has 0 saturated carbocycles. The molecule has 0 spiro atoms. The van der Waals surface area contributed by atoms with Gasteiger partial charge in [0.25, 0.3) is 0 Å². The molecule has 128 valence electrons. The van der Waals surface area contributed by atoms with Crippen molar-refractivity contribution in [1.29, 1.82) is 0 Å². The van der Waals surface area contributed by atoms with Gasteiger partial charge in [-0.3, -0.25) is 4.79 Å². The molecular formula is C16H16F3N3O2. The Bertz CT molecular complexity index is 773. The number of hydrogen-bond acceptors (Lipinski definition) is 4. The molecule has 3 N–H and O–H groups in total. The molecule has 0 aliphatic heterocycles. The van der Waals surface area contributed by atoms with Crippen molar-refractivity contribution in [1.82, 2.24) is 9.97 Å². The molecule has 0 radical (unpaired) electrons. The van der Waals surface area contributed by atoms with Crippen LogP contribution in [0.15, 0.2) is 30.5 Å².